The number of carbonyl (C=O) groups is 1. The summed E-state index contributed by atoms with van der Waals surface area (Å²) in [5.74, 6) is -1.22. The summed E-state index contributed by atoms with van der Waals surface area (Å²) >= 11 is 5.81. The van der Waals surface area contributed by atoms with Crippen LogP contribution in [0.4, 0.5) is 10.1 Å². The molecule has 2 rings (SSSR count). The molecule has 4 N–H and O–H groups in total. The van der Waals surface area contributed by atoms with Crippen molar-refractivity contribution in [2.45, 2.75) is 6.54 Å². The Hall–Kier alpha value is -2.08. The zero-order chi connectivity index (χ0) is 13.3. The fourth-order valence-corrected chi connectivity index (χ4v) is 1.74. The smallest absolute Gasteiger partial charge is 0.271 e. The van der Waals surface area contributed by atoms with Crippen LogP contribution in [0.15, 0.2) is 24.4 Å². The molecule has 1 heterocycles. The first kappa shape index (κ1) is 12.4. The number of halogens is 2. The highest BCUT2D eigenvalue weighted by Gasteiger charge is 2.13. The van der Waals surface area contributed by atoms with Crippen molar-refractivity contribution in [1.82, 2.24) is 9.78 Å². The van der Waals surface area contributed by atoms with E-state index in [1.165, 1.54) is 16.9 Å². The van der Waals surface area contributed by atoms with E-state index in [4.69, 9.17) is 23.1 Å². The summed E-state index contributed by atoms with van der Waals surface area (Å²) in [6.45, 7) is 0.202. The Balaban J connectivity index is 2.32. The van der Waals surface area contributed by atoms with E-state index in [-0.39, 0.29) is 22.9 Å². The molecule has 18 heavy (non-hydrogen) atoms. The fourth-order valence-electron chi connectivity index (χ4n) is 1.55. The molecule has 1 aromatic heterocycles. The molecule has 0 spiro atoms. The van der Waals surface area contributed by atoms with Gasteiger partial charge in [-0.1, -0.05) is 23.7 Å². The average molecular weight is 269 g/mol. The number of nitrogen functional groups attached to an aromatic ring is 1. The predicted octanol–water partition coefficient (Wildman–Crippen LogP) is 1.40. The second-order valence-electron chi connectivity index (χ2n) is 3.71. The van der Waals surface area contributed by atoms with Gasteiger partial charge in [-0.15, -0.1) is 0 Å². The number of amides is 1. The van der Waals surface area contributed by atoms with Gasteiger partial charge in [-0.3, -0.25) is 9.48 Å². The Morgan fingerprint density at radius 3 is 2.83 bits per heavy atom. The van der Waals surface area contributed by atoms with Crippen LogP contribution in [0.1, 0.15) is 16.1 Å². The Morgan fingerprint density at radius 2 is 2.22 bits per heavy atom. The Kier molecular flexibility index (Phi) is 3.20. The van der Waals surface area contributed by atoms with Crippen molar-refractivity contribution in [3.05, 3.63) is 46.5 Å². The molecule has 0 radical (unpaired) electrons. The van der Waals surface area contributed by atoms with Crippen molar-refractivity contribution < 1.29 is 9.18 Å². The first-order chi connectivity index (χ1) is 8.49. The van der Waals surface area contributed by atoms with E-state index in [9.17, 15) is 9.18 Å². The van der Waals surface area contributed by atoms with Crippen LogP contribution in [0, 0.1) is 5.82 Å². The first-order valence-corrected chi connectivity index (χ1v) is 5.42. The molecule has 2 aromatic rings. The highest BCUT2D eigenvalue weighted by atomic mass is 35.5. The Labute approximate surface area is 107 Å². The van der Waals surface area contributed by atoms with E-state index < -0.39 is 11.7 Å². The molecule has 0 saturated carbocycles. The van der Waals surface area contributed by atoms with Gasteiger partial charge in [0.2, 0.25) is 0 Å². The SMILES string of the molecule is NC(=O)c1nn(Cc2cccc(F)c2Cl)cc1N. The summed E-state index contributed by atoms with van der Waals surface area (Å²) in [6, 6.07) is 4.46. The summed E-state index contributed by atoms with van der Waals surface area (Å²) in [7, 11) is 0. The maximum atomic E-state index is 13.2. The molecular formula is C11H10ClFN4O. The predicted molar refractivity (Wildman–Crippen MR) is 65.7 cm³/mol. The number of primary amides is 1. The number of nitrogens with two attached hydrogens (primary N) is 2. The number of aromatic nitrogens is 2. The minimum atomic E-state index is -0.711. The highest BCUT2D eigenvalue weighted by molar-refractivity contribution is 6.31. The molecule has 0 aliphatic heterocycles. The summed E-state index contributed by atoms with van der Waals surface area (Å²) in [5.41, 5.74) is 11.4. The number of hydrogen-bond donors (Lipinski definition) is 2. The summed E-state index contributed by atoms with van der Waals surface area (Å²) in [5, 5.41) is 3.93. The third kappa shape index (κ3) is 2.28. The lowest BCUT2D eigenvalue weighted by Gasteiger charge is -2.04. The maximum absolute atomic E-state index is 13.2. The molecule has 1 amide bonds. The standard InChI is InChI=1S/C11H10ClFN4O/c12-9-6(2-1-3-7(9)13)4-17-5-8(14)10(16-17)11(15)18/h1-3,5H,4,14H2,(H2,15,18). The minimum Gasteiger partial charge on any atom is -0.396 e. The van der Waals surface area contributed by atoms with Gasteiger partial charge < -0.3 is 11.5 Å². The van der Waals surface area contributed by atoms with Crippen molar-refractivity contribution in [2.24, 2.45) is 5.73 Å². The second-order valence-corrected chi connectivity index (χ2v) is 4.09. The number of carbonyl (C=O) groups excluding carboxylic acids is 1. The molecule has 94 valence electrons. The van der Waals surface area contributed by atoms with Gasteiger partial charge in [0, 0.05) is 6.20 Å². The lowest BCUT2D eigenvalue weighted by Crippen LogP contribution is -2.14. The van der Waals surface area contributed by atoms with Crippen LogP contribution in [0.2, 0.25) is 5.02 Å². The number of benzene rings is 1. The molecule has 0 fully saturated rings. The Bertz CT molecular complexity index is 611. The Morgan fingerprint density at radius 1 is 1.50 bits per heavy atom. The molecule has 1 aromatic carbocycles. The monoisotopic (exact) mass is 268 g/mol. The molecular weight excluding hydrogens is 259 g/mol. The molecule has 0 atom stereocenters. The zero-order valence-corrected chi connectivity index (χ0v) is 9.99. The molecule has 0 bridgehead atoms. The maximum Gasteiger partial charge on any atom is 0.271 e. The fraction of sp³-hybridized carbons (Fsp3) is 0.0909. The highest BCUT2D eigenvalue weighted by Crippen LogP contribution is 2.21. The van der Waals surface area contributed by atoms with Gasteiger partial charge in [-0.05, 0) is 11.6 Å². The van der Waals surface area contributed by atoms with Gasteiger partial charge in [-0.2, -0.15) is 5.10 Å². The first-order valence-electron chi connectivity index (χ1n) is 5.04. The van der Waals surface area contributed by atoms with E-state index in [0.717, 1.165) is 0 Å². The van der Waals surface area contributed by atoms with Crippen LogP contribution in [-0.4, -0.2) is 15.7 Å². The topological polar surface area (TPSA) is 86.9 Å². The number of rotatable bonds is 3. The molecule has 5 nitrogen and oxygen atoms in total. The number of nitrogens with zero attached hydrogens (tertiary/aromatic N) is 2. The van der Waals surface area contributed by atoms with Crippen molar-refractivity contribution in [3.63, 3.8) is 0 Å². The van der Waals surface area contributed by atoms with Gasteiger partial charge in [0.05, 0.1) is 17.3 Å². The number of anilines is 1. The van der Waals surface area contributed by atoms with E-state index in [0.29, 0.717) is 5.56 Å². The zero-order valence-electron chi connectivity index (χ0n) is 9.23. The summed E-state index contributed by atoms with van der Waals surface area (Å²) in [6.07, 6.45) is 1.45. The normalized spacial score (nSPS) is 10.6. The third-order valence-corrected chi connectivity index (χ3v) is 2.81. The molecule has 0 aliphatic rings. The van der Waals surface area contributed by atoms with E-state index in [1.54, 1.807) is 12.1 Å². The van der Waals surface area contributed by atoms with E-state index in [1.807, 2.05) is 0 Å². The van der Waals surface area contributed by atoms with Crippen LogP contribution in [-0.2, 0) is 6.54 Å². The van der Waals surface area contributed by atoms with Crippen LogP contribution >= 0.6 is 11.6 Å². The van der Waals surface area contributed by atoms with E-state index in [2.05, 4.69) is 5.10 Å². The molecule has 0 saturated heterocycles. The summed E-state index contributed by atoms with van der Waals surface area (Å²) < 4.78 is 14.6. The lowest BCUT2D eigenvalue weighted by molar-refractivity contribution is 0.0995. The van der Waals surface area contributed by atoms with Gasteiger partial charge in [0.15, 0.2) is 5.69 Å². The summed E-state index contributed by atoms with van der Waals surface area (Å²) in [4.78, 5) is 11.0. The van der Waals surface area contributed by atoms with Crippen LogP contribution in [0.3, 0.4) is 0 Å². The largest absolute Gasteiger partial charge is 0.396 e. The quantitative estimate of drug-likeness (QED) is 0.882. The van der Waals surface area contributed by atoms with Crippen molar-refractivity contribution >= 4 is 23.2 Å². The molecule has 0 unspecified atom stereocenters. The van der Waals surface area contributed by atoms with Crippen LogP contribution < -0.4 is 11.5 Å². The van der Waals surface area contributed by atoms with Crippen LogP contribution in [0.25, 0.3) is 0 Å². The van der Waals surface area contributed by atoms with Crippen LogP contribution in [0.5, 0.6) is 0 Å². The molecule has 7 heteroatoms. The minimum absolute atomic E-state index is 0.0116. The van der Waals surface area contributed by atoms with Gasteiger partial charge in [-0.25, -0.2) is 4.39 Å². The van der Waals surface area contributed by atoms with Crippen molar-refractivity contribution in [1.29, 1.82) is 0 Å². The van der Waals surface area contributed by atoms with Gasteiger partial charge >= 0.3 is 0 Å². The second kappa shape index (κ2) is 4.66. The van der Waals surface area contributed by atoms with Gasteiger partial charge in [0.25, 0.3) is 5.91 Å². The number of hydrogen-bond acceptors (Lipinski definition) is 3. The van der Waals surface area contributed by atoms with Gasteiger partial charge in [0.1, 0.15) is 5.82 Å². The average Bonchev–Trinajstić information content (AvgIpc) is 2.66. The lowest BCUT2D eigenvalue weighted by atomic mass is 10.2. The van der Waals surface area contributed by atoms with Crippen molar-refractivity contribution in [2.75, 3.05) is 5.73 Å². The third-order valence-electron chi connectivity index (χ3n) is 2.39. The van der Waals surface area contributed by atoms with Crippen molar-refractivity contribution in [3.8, 4) is 0 Å². The molecule has 0 aliphatic carbocycles. The van der Waals surface area contributed by atoms with E-state index >= 15 is 0 Å².